The number of carboxylic acids is 1. The number of aryl methyl sites for hydroxylation is 1. The number of para-hydroxylation sites is 2. The van der Waals surface area contributed by atoms with Gasteiger partial charge in [0.25, 0.3) is 0 Å². The van der Waals surface area contributed by atoms with Crippen LogP contribution in [0.3, 0.4) is 0 Å². The number of benzene rings is 2. The zero-order valence-corrected chi connectivity index (χ0v) is 13.7. The van der Waals surface area contributed by atoms with Crippen LogP contribution in [0.1, 0.15) is 15.9 Å². The van der Waals surface area contributed by atoms with Crippen molar-refractivity contribution in [2.75, 3.05) is 14.2 Å². The van der Waals surface area contributed by atoms with Crippen LogP contribution in [0, 0.1) is 6.92 Å². The SMILES string of the molecule is COc1cccc(-c2cc(C(=O)O)c3cccc(C)c3n2)c1OC. The van der Waals surface area contributed by atoms with Gasteiger partial charge < -0.3 is 14.6 Å². The number of hydrogen-bond acceptors (Lipinski definition) is 4. The van der Waals surface area contributed by atoms with E-state index >= 15 is 0 Å². The topological polar surface area (TPSA) is 68.7 Å². The predicted octanol–water partition coefficient (Wildman–Crippen LogP) is 3.93. The Morgan fingerprint density at radius 2 is 1.83 bits per heavy atom. The summed E-state index contributed by atoms with van der Waals surface area (Å²) in [4.78, 5) is 16.4. The zero-order valence-electron chi connectivity index (χ0n) is 13.7. The van der Waals surface area contributed by atoms with Gasteiger partial charge in [0.15, 0.2) is 11.5 Å². The molecule has 0 saturated heterocycles. The number of aromatic carboxylic acids is 1. The number of hydrogen-bond donors (Lipinski definition) is 1. The summed E-state index contributed by atoms with van der Waals surface area (Å²) in [6.45, 7) is 1.91. The quantitative estimate of drug-likeness (QED) is 0.788. The van der Waals surface area contributed by atoms with Gasteiger partial charge in [0.05, 0.1) is 31.0 Å². The first-order valence-corrected chi connectivity index (χ1v) is 7.42. The number of ether oxygens (including phenoxy) is 2. The fourth-order valence-electron chi connectivity index (χ4n) is 2.80. The van der Waals surface area contributed by atoms with Crippen molar-refractivity contribution < 1.29 is 19.4 Å². The van der Waals surface area contributed by atoms with Crippen molar-refractivity contribution in [3.8, 4) is 22.8 Å². The highest BCUT2D eigenvalue weighted by Gasteiger charge is 2.18. The summed E-state index contributed by atoms with van der Waals surface area (Å²) in [6.07, 6.45) is 0. The molecule has 3 rings (SSSR count). The monoisotopic (exact) mass is 323 g/mol. The lowest BCUT2D eigenvalue weighted by atomic mass is 10.0. The molecule has 0 unspecified atom stereocenters. The minimum Gasteiger partial charge on any atom is -0.493 e. The Bertz CT molecular complexity index is 934. The summed E-state index contributed by atoms with van der Waals surface area (Å²) in [6, 6.07) is 12.5. The molecule has 0 spiro atoms. The average Bonchev–Trinajstić information content (AvgIpc) is 2.60. The van der Waals surface area contributed by atoms with Crippen molar-refractivity contribution in [3.63, 3.8) is 0 Å². The lowest BCUT2D eigenvalue weighted by Gasteiger charge is -2.14. The summed E-state index contributed by atoms with van der Waals surface area (Å²) < 4.78 is 10.8. The van der Waals surface area contributed by atoms with E-state index in [2.05, 4.69) is 4.98 Å². The molecule has 0 aliphatic heterocycles. The Balaban J connectivity index is 2.36. The van der Waals surface area contributed by atoms with Crippen LogP contribution in [0.4, 0.5) is 0 Å². The zero-order chi connectivity index (χ0) is 17.3. The first kappa shape index (κ1) is 15.8. The summed E-state index contributed by atoms with van der Waals surface area (Å²) in [5, 5.41) is 10.2. The van der Waals surface area contributed by atoms with Crippen molar-refractivity contribution in [2.24, 2.45) is 0 Å². The van der Waals surface area contributed by atoms with Gasteiger partial charge in [0.1, 0.15) is 0 Å². The molecule has 5 nitrogen and oxygen atoms in total. The highest BCUT2D eigenvalue weighted by molar-refractivity contribution is 6.04. The average molecular weight is 323 g/mol. The lowest BCUT2D eigenvalue weighted by Crippen LogP contribution is -2.02. The van der Waals surface area contributed by atoms with Crippen LogP contribution in [0.15, 0.2) is 42.5 Å². The molecule has 1 heterocycles. The van der Waals surface area contributed by atoms with Crippen molar-refractivity contribution in [2.45, 2.75) is 6.92 Å². The Morgan fingerprint density at radius 1 is 1.08 bits per heavy atom. The fraction of sp³-hybridized carbons (Fsp3) is 0.158. The maximum atomic E-state index is 11.7. The number of methoxy groups -OCH3 is 2. The molecule has 1 aromatic heterocycles. The highest BCUT2D eigenvalue weighted by Crippen LogP contribution is 2.38. The van der Waals surface area contributed by atoms with Crippen molar-refractivity contribution in [1.29, 1.82) is 0 Å². The van der Waals surface area contributed by atoms with Gasteiger partial charge in [-0.1, -0.05) is 24.3 Å². The summed E-state index contributed by atoms with van der Waals surface area (Å²) >= 11 is 0. The van der Waals surface area contributed by atoms with Gasteiger partial charge >= 0.3 is 5.97 Å². The minimum atomic E-state index is -0.990. The van der Waals surface area contributed by atoms with Crippen LogP contribution in [0.25, 0.3) is 22.2 Å². The molecule has 5 heteroatoms. The smallest absolute Gasteiger partial charge is 0.336 e. The Morgan fingerprint density at radius 3 is 2.50 bits per heavy atom. The molecule has 0 fully saturated rings. The van der Waals surface area contributed by atoms with E-state index in [4.69, 9.17) is 9.47 Å². The number of carboxylic acid groups (broad SMARTS) is 1. The number of rotatable bonds is 4. The van der Waals surface area contributed by atoms with Gasteiger partial charge in [-0.25, -0.2) is 9.78 Å². The Kier molecular flexibility index (Phi) is 4.08. The van der Waals surface area contributed by atoms with Crippen molar-refractivity contribution >= 4 is 16.9 Å². The normalized spacial score (nSPS) is 10.6. The van der Waals surface area contributed by atoms with Crippen LogP contribution in [0.5, 0.6) is 11.5 Å². The molecule has 0 atom stereocenters. The Labute approximate surface area is 139 Å². The number of carbonyl (C=O) groups is 1. The largest absolute Gasteiger partial charge is 0.493 e. The molecule has 2 aromatic carbocycles. The van der Waals surface area contributed by atoms with Gasteiger partial charge in [0, 0.05) is 10.9 Å². The van der Waals surface area contributed by atoms with Crippen LogP contribution in [-0.4, -0.2) is 30.3 Å². The number of fused-ring (bicyclic) bond motifs is 1. The molecule has 0 saturated carbocycles. The van der Waals surface area contributed by atoms with Crippen molar-refractivity contribution in [3.05, 3.63) is 53.6 Å². The van der Waals surface area contributed by atoms with Gasteiger partial charge in [-0.3, -0.25) is 0 Å². The number of pyridine rings is 1. The molecule has 1 N–H and O–H groups in total. The van der Waals surface area contributed by atoms with Crippen LogP contribution >= 0.6 is 0 Å². The molecule has 24 heavy (non-hydrogen) atoms. The molecular formula is C19H17NO4. The van der Waals surface area contributed by atoms with E-state index in [1.165, 1.54) is 0 Å². The summed E-state index contributed by atoms with van der Waals surface area (Å²) in [5.74, 6) is 0.103. The van der Waals surface area contributed by atoms with E-state index in [1.54, 1.807) is 32.4 Å². The van der Waals surface area contributed by atoms with Gasteiger partial charge in [-0.05, 0) is 30.7 Å². The molecule has 0 bridgehead atoms. The molecule has 0 aliphatic carbocycles. The van der Waals surface area contributed by atoms with Crippen molar-refractivity contribution in [1.82, 2.24) is 4.98 Å². The van der Waals surface area contributed by atoms with Crippen LogP contribution in [-0.2, 0) is 0 Å². The van der Waals surface area contributed by atoms with E-state index < -0.39 is 5.97 Å². The molecule has 0 radical (unpaired) electrons. The maximum Gasteiger partial charge on any atom is 0.336 e. The summed E-state index contributed by atoms with van der Waals surface area (Å²) in [5.41, 5.74) is 3.01. The first-order valence-electron chi connectivity index (χ1n) is 7.42. The van der Waals surface area contributed by atoms with E-state index in [1.807, 2.05) is 31.2 Å². The standard InChI is InChI=1S/C19H17NO4/c1-11-6-4-7-12-14(19(21)22)10-15(20-17(11)12)13-8-5-9-16(23-2)18(13)24-3/h4-10H,1-3H3,(H,21,22). The number of nitrogens with zero attached hydrogens (tertiary/aromatic N) is 1. The predicted molar refractivity (Wildman–Crippen MR) is 92.0 cm³/mol. The molecule has 122 valence electrons. The second kappa shape index (κ2) is 6.20. The van der Waals surface area contributed by atoms with Gasteiger partial charge in [-0.15, -0.1) is 0 Å². The van der Waals surface area contributed by atoms with Crippen LogP contribution in [0.2, 0.25) is 0 Å². The second-order valence-corrected chi connectivity index (χ2v) is 5.37. The third kappa shape index (κ3) is 2.54. The molecular weight excluding hydrogens is 306 g/mol. The first-order chi connectivity index (χ1) is 11.6. The summed E-state index contributed by atoms with van der Waals surface area (Å²) in [7, 11) is 3.11. The van der Waals surface area contributed by atoms with Crippen LogP contribution < -0.4 is 9.47 Å². The maximum absolute atomic E-state index is 11.7. The number of aromatic nitrogens is 1. The van der Waals surface area contributed by atoms with Gasteiger partial charge in [0.2, 0.25) is 0 Å². The van der Waals surface area contributed by atoms with E-state index in [9.17, 15) is 9.90 Å². The Hall–Kier alpha value is -3.08. The fourth-order valence-corrected chi connectivity index (χ4v) is 2.80. The minimum absolute atomic E-state index is 0.212. The van der Waals surface area contributed by atoms with E-state index in [-0.39, 0.29) is 5.56 Å². The lowest BCUT2D eigenvalue weighted by molar-refractivity contribution is 0.0699. The third-order valence-electron chi connectivity index (χ3n) is 3.95. The highest BCUT2D eigenvalue weighted by atomic mass is 16.5. The molecule has 0 amide bonds. The van der Waals surface area contributed by atoms with Gasteiger partial charge in [-0.2, -0.15) is 0 Å². The van der Waals surface area contributed by atoms with E-state index in [0.29, 0.717) is 33.7 Å². The third-order valence-corrected chi connectivity index (χ3v) is 3.95. The molecule has 3 aromatic rings. The van der Waals surface area contributed by atoms with E-state index in [0.717, 1.165) is 5.56 Å². The second-order valence-electron chi connectivity index (χ2n) is 5.37. The molecule has 0 aliphatic rings.